The highest BCUT2D eigenvalue weighted by molar-refractivity contribution is 7.93. The number of hydrogen-bond donors (Lipinski definition) is 0. The van der Waals surface area contributed by atoms with Crippen molar-refractivity contribution in [1.29, 1.82) is 0 Å². The zero-order valence-corrected chi connectivity index (χ0v) is 18.7. The molecule has 3 rings (SSSR count). The van der Waals surface area contributed by atoms with Crippen LogP contribution in [0.4, 0.5) is 5.69 Å². The maximum absolute atomic E-state index is 13.2. The van der Waals surface area contributed by atoms with Gasteiger partial charge in [-0.2, -0.15) is 4.31 Å². The van der Waals surface area contributed by atoms with Crippen molar-refractivity contribution >= 4 is 35.6 Å². The molecule has 0 aliphatic carbocycles. The lowest BCUT2D eigenvalue weighted by Crippen LogP contribution is -2.39. The standard InChI is InChI=1S/C17H26N2O6S3/c1-13-10-16(19-7-4-5-8-27(19,22)23)11-14(2)17(13)28(24,25)18(3)15-6-9-26(20,21)12-15/h10-11,15H,4-9,12H2,1-3H3. The van der Waals surface area contributed by atoms with Gasteiger partial charge in [-0.15, -0.1) is 0 Å². The second-order valence-electron chi connectivity index (χ2n) is 7.58. The summed E-state index contributed by atoms with van der Waals surface area (Å²) in [5.41, 5.74) is 1.37. The molecule has 2 heterocycles. The molecule has 11 heteroatoms. The van der Waals surface area contributed by atoms with E-state index < -0.39 is 35.9 Å². The molecule has 0 aromatic heterocycles. The summed E-state index contributed by atoms with van der Waals surface area (Å²) in [7, 11) is -9.11. The minimum Gasteiger partial charge on any atom is -0.270 e. The summed E-state index contributed by atoms with van der Waals surface area (Å²) in [6.07, 6.45) is 1.66. The fourth-order valence-electron chi connectivity index (χ4n) is 3.96. The van der Waals surface area contributed by atoms with Crippen molar-refractivity contribution in [1.82, 2.24) is 4.31 Å². The quantitative estimate of drug-likeness (QED) is 0.678. The predicted molar refractivity (Wildman–Crippen MR) is 108 cm³/mol. The average Bonchev–Trinajstić information content (AvgIpc) is 2.92. The van der Waals surface area contributed by atoms with E-state index in [1.807, 2.05) is 0 Å². The largest absolute Gasteiger partial charge is 0.270 e. The number of aryl methyl sites for hydroxylation is 2. The number of rotatable bonds is 4. The summed E-state index contributed by atoms with van der Waals surface area (Å²) in [5, 5.41) is 0. The highest BCUT2D eigenvalue weighted by Crippen LogP contribution is 2.33. The second-order valence-corrected chi connectivity index (χ2v) is 13.8. The summed E-state index contributed by atoms with van der Waals surface area (Å²) in [6.45, 7) is 3.66. The van der Waals surface area contributed by atoms with Gasteiger partial charge < -0.3 is 0 Å². The zero-order valence-electron chi connectivity index (χ0n) is 16.3. The maximum atomic E-state index is 13.2. The monoisotopic (exact) mass is 450 g/mol. The van der Waals surface area contributed by atoms with Gasteiger partial charge in [0.05, 0.1) is 27.8 Å². The SMILES string of the molecule is Cc1cc(N2CCCCS2(=O)=O)cc(C)c1S(=O)(=O)N(C)C1CCS(=O)(=O)C1. The Balaban J connectivity index is 1.99. The van der Waals surface area contributed by atoms with Crippen molar-refractivity contribution in [3.8, 4) is 0 Å². The summed E-state index contributed by atoms with van der Waals surface area (Å²) in [6, 6.07) is 2.58. The van der Waals surface area contributed by atoms with Crippen molar-refractivity contribution in [2.45, 2.75) is 44.0 Å². The van der Waals surface area contributed by atoms with Gasteiger partial charge in [0.2, 0.25) is 20.0 Å². The van der Waals surface area contributed by atoms with Crippen molar-refractivity contribution in [2.75, 3.05) is 35.2 Å². The van der Waals surface area contributed by atoms with E-state index in [0.29, 0.717) is 29.8 Å². The molecule has 28 heavy (non-hydrogen) atoms. The molecule has 2 fully saturated rings. The van der Waals surface area contributed by atoms with Crippen LogP contribution in [-0.4, -0.2) is 66.5 Å². The molecule has 158 valence electrons. The number of sulfone groups is 1. The molecular formula is C17H26N2O6S3. The average molecular weight is 451 g/mol. The van der Waals surface area contributed by atoms with Crippen LogP contribution in [0, 0.1) is 13.8 Å². The van der Waals surface area contributed by atoms with Crippen LogP contribution in [0.25, 0.3) is 0 Å². The van der Waals surface area contributed by atoms with Crippen molar-refractivity contribution < 1.29 is 25.3 Å². The van der Waals surface area contributed by atoms with Crippen molar-refractivity contribution in [2.24, 2.45) is 0 Å². The molecule has 0 spiro atoms. The lowest BCUT2D eigenvalue weighted by atomic mass is 10.1. The zero-order chi connectivity index (χ0) is 20.9. The Morgan fingerprint density at radius 2 is 1.64 bits per heavy atom. The molecule has 0 radical (unpaired) electrons. The predicted octanol–water partition coefficient (Wildman–Crippen LogP) is 1.04. The first-order chi connectivity index (χ1) is 12.8. The molecule has 0 bridgehead atoms. The van der Waals surface area contributed by atoms with Gasteiger partial charge in [-0.25, -0.2) is 25.3 Å². The van der Waals surface area contributed by atoms with Crippen LogP contribution in [0.2, 0.25) is 0 Å². The van der Waals surface area contributed by atoms with Crippen LogP contribution >= 0.6 is 0 Å². The van der Waals surface area contributed by atoms with E-state index in [1.165, 1.54) is 11.4 Å². The Bertz CT molecular complexity index is 1070. The van der Waals surface area contributed by atoms with E-state index >= 15 is 0 Å². The molecule has 2 saturated heterocycles. The Morgan fingerprint density at radius 1 is 1.04 bits per heavy atom. The third-order valence-corrected chi connectivity index (χ3v) is 11.3. The Morgan fingerprint density at radius 3 is 2.14 bits per heavy atom. The van der Waals surface area contributed by atoms with Gasteiger partial charge in [0.25, 0.3) is 0 Å². The van der Waals surface area contributed by atoms with Crippen LogP contribution in [0.1, 0.15) is 30.4 Å². The summed E-state index contributed by atoms with van der Waals surface area (Å²) in [5.74, 6) is -0.101. The van der Waals surface area contributed by atoms with Crippen molar-refractivity contribution in [3.63, 3.8) is 0 Å². The first-order valence-corrected chi connectivity index (χ1v) is 14.0. The van der Waals surface area contributed by atoms with E-state index in [2.05, 4.69) is 0 Å². The molecule has 0 saturated carbocycles. The molecular weight excluding hydrogens is 424 g/mol. The molecule has 0 amide bonds. The number of anilines is 1. The summed E-state index contributed by atoms with van der Waals surface area (Å²) in [4.78, 5) is 0.109. The normalized spacial score (nSPS) is 24.6. The van der Waals surface area contributed by atoms with E-state index in [4.69, 9.17) is 0 Å². The first-order valence-electron chi connectivity index (χ1n) is 9.15. The Hall–Kier alpha value is -1.17. The van der Waals surface area contributed by atoms with E-state index in [9.17, 15) is 25.3 Å². The molecule has 1 atom stereocenters. The van der Waals surface area contributed by atoms with Gasteiger partial charge in [-0.05, 0) is 56.4 Å². The van der Waals surface area contributed by atoms with Gasteiger partial charge in [0.15, 0.2) is 9.84 Å². The molecule has 1 aromatic rings. The number of sulfonamides is 2. The van der Waals surface area contributed by atoms with E-state index in [1.54, 1.807) is 26.0 Å². The van der Waals surface area contributed by atoms with Gasteiger partial charge in [0.1, 0.15) is 0 Å². The van der Waals surface area contributed by atoms with Crippen LogP contribution in [0.5, 0.6) is 0 Å². The molecule has 1 aromatic carbocycles. The lowest BCUT2D eigenvalue weighted by Gasteiger charge is -2.30. The number of nitrogens with zero attached hydrogens (tertiary/aromatic N) is 2. The van der Waals surface area contributed by atoms with Crippen LogP contribution in [0.15, 0.2) is 17.0 Å². The van der Waals surface area contributed by atoms with E-state index in [0.717, 1.165) is 10.7 Å². The topological polar surface area (TPSA) is 109 Å². The second kappa shape index (κ2) is 7.26. The fourth-order valence-corrected chi connectivity index (χ4v) is 9.24. The fraction of sp³-hybridized carbons (Fsp3) is 0.647. The lowest BCUT2D eigenvalue weighted by molar-refractivity contribution is 0.393. The molecule has 0 N–H and O–H groups in total. The smallest absolute Gasteiger partial charge is 0.243 e. The minimum atomic E-state index is -3.91. The summed E-state index contributed by atoms with van der Waals surface area (Å²) < 4.78 is 77.1. The molecule has 1 unspecified atom stereocenters. The van der Waals surface area contributed by atoms with Gasteiger partial charge >= 0.3 is 0 Å². The van der Waals surface area contributed by atoms with Gasteiger partial charge in [-0.3, -0.25) is 4.31 Å². The maximum Gasteiger partial charge on any atom is 0.243 e. The van der Waals surface area contributed by atoms with Crippen LogP contribution in [-0.2, 0) is 29.9 Å². The number of hydrogen-bond acceptors (Lipinski definition) is 6. The third-order valence-electron chi connectivity index (χ3n) is 5.44. The van der Waals surface area contributed by atoms with Crippen molar-refractivity contribution in [3.05, 3.63) is 23.3 Å². The molecule has 2 aliphatic rings. The highest BCUT2D eigenvalue weighted by Gasteiger charge is 2.38. The first kappa shape index (κ1) is 21.5. The van der Waals surface area contributed by atoms with Crippen LogP contribution < -0.4 is 4.31 Å². The highest BCUT2D eigenvalue weighted by atomic mass is 32.2. The minimum absolute atomic E-state index is 0.0127. The number of benzene rings is 1. The van der Waals surface area contributed by atoms with Gasteiger partial charge in [0, 0.05) is 19.6 Å². The molecule has 8 nitrogen and oxygen atoms in total. The van der Waals surface area contributed by atoms with Gasteiger partial charge in [-0.1, -0.05) is 0 Å². The van der Waals surface area contributed by atoms with E-state index in [-0.39, 0.29) is 28.6 Å². The summed E-state index contributed by atoms with van der Waals surface area (Å²) >= 11 is 0. The Labute approximate surface area is 167 Å². The van der Waals surface area contributed by atoms with Crippen LogP contribution in [0.3, 0.4) is 0 Å². The third kappa shape index (κ3) is 3.94. The Kier molecular flexibility index (Phi) is 5.59. The molecule has 2 aliphatic heterocycles.